The minimum Gasteiger partial charge on any atom is -0.341 e. The molecular weight excluding hydrogens is 372 g/mol. The van der Waals surface area contributed by atoms with E-state index < -0.39 is 0 Å². The van der Waals surface area contributed by atoms with E-state index in [1.165, 1.54) is 0 Å². The van der Waals surface area contributed by atoms with E-state index in [4.69, 9.17) is 10.8 Å². The lowest BCUT2D eigenvalue weighted by atomic mass is 10.0. The van der Waals surface area contributed by atoms with Gasteiger partial charge in [0.2, 0.25) is 5.91 Å². The summed E-state index contributed by atoms with van der Waals surface area (Å²) in [6.07, 6.45) is 2.00. The first-order valence-corrected chi connectivity index (χ1v) is 9.17. The average molecular weight is 399 g/mol. The van der Waals surface area contributed by atoms with E-state index in [9.17, 15) is 4.79 Å². The zero-order valence-electron chi connectivity index (χ0n) is 16.4. The highest BCUT2D eigenvalue weighted by Gasteiger charge is 2.23. The van der Waals surface area contributed by atoms with E-state index in [1.807, 2.05) is 92.4 Å². The van der Waals surface area contributed by atoms with Gasteiger partial charge in [0.15, 0.2) is 0 Å². The second kappa shape index (κ2) is 9.53. The first-order chi connectivity index (χ1) is 13.0. The third-order valence-corrected chi connectivity index (χ3v) is 4.82. The summed E-state index contributed by atoms with van der Waals surface area (Å²) < 4.78 is 1.87. The molecule has 28 heavy (non-hydrogen) atoms. The summed E-state index contributed by atoms with van der Waals surface area (Å²) in [6, 6.07) is 19.8. The topological polar surface area (TPSA) is 64.2 Å². The summed E-state index contributed by atoms with van der Waals surface area (Å²) in [6.45, 7) is 4.21. The van der Waals surface area contributed by atoms with E-state index in [0.717, 1.165) is 22.5 Å². The number of rotatable bonds is 6. The van der Waals surface area contributed by atoms with Crippen molar-refractivity contribution < 1.29 is 4.79 Å². The summed E-state index contributed by atoms with van der Waals surface area (Å²) >= 11 is 0. The maximum absolute atomic E-state index is 12.6. The molecule has 0 fully saturated rings. The standard InChI is InChI=1S/C22H26N4O.ClH/c1-16(17(2)23)22(27)25(3)14-19-15-26(20-12-8-5-9-13-20)24-21(19)18-10-6-4-7-11-18;/h4-13,15-17H,14,23H2,1-3H3;1H. The molecule has 6 heteroatoms. The van der Waals surface area contributed by atoms with Gasteiger partial charge in [-0.2, -0.15) is 5.10 Å². The van der Waals surface area contributed by atoms with Gasteiger partial charge < -0.3 is 10.6 Å². The minimum atomic E-state index is -0.223. The average Bonchev–Trinajstić information content (AvgIpc) is 3.11. The fourth-order valence-electron chi connectivity index (χ4n) is 2.98. The lowest BCUT2D eigenvalue weighted by Gasteiger charge is -2.23. The van der Waals surface area contributed by atoms with Gasteiger partial charge in [-0.1, -0.05) is 55.5 Å². The molecule has 0 radical (unpaired) electrons. The monoisotopic (exact) mass is 398 g/mol. The van der Waals surface area contributed by atoms with Crippen LogP contribution in [0.1, 0.15) is 19.4 Å². The molecule has 0 spiro atoms. The molecular formula is C22H27ClN4O. The van der Waals surface area contributed by atoms with E-state index in [0.29, 0.717) is 6.54 Å². The second-order valence-corrected chi connectivity index (χ2v) is 6.99. The third-order valence-electron chi connectivity index (χ3n) is 4.82. The van der Waals surface area contributed by atoms with E-state index in [2.05, 4.69) is 0 Å². The SMILES string of the molecule is CC(N)C(C)C(=O)N(C)Cc1cn(-c2ccccc2)nc1-c1ccccc1.Cl. The van der Waals surface area contributed by atoms with Crippen LogP contribution in [0.5, 0.6) is 0 Å². The summed E-state index contributed by atoms with van der Waals surface area (Å²) in [4.78, 5) is 14.4. The van der Waals surface area contributed by atoms with Crippen molar-refractivity contribution in [2.45, 2.75) is 26.4 Å². The number of nitrogens with zero attached hydrogens (tertiary/aromatic N) is 3. The number of amides is 1. The van der Waals surface area contributed by atoms with Crippen LogP contribution >= 0.6 is 12.4 Å². The predicted octanol–water partition coefficient (Wildman–Crippen LogP) is 3.90. The Hall–Kier alpha value is -2.63. The van der Waals surface area contributed by atoms with Gasteiger partial charge in [0.1, 0.15) is 0 Å². The highest BCUT2D eigenvalue weighted by Crippen LogP contribution is 2.25. The van der Waals surface area contributed by atoms with Crippen LogP contribution in [0.2, 0.25) is 0 Å². The molecule has 1 aromatic heterocycles. The molecule has 0 saturated heterocycles. The van der Waals surface area contributed by atoms with Crippen LogP contribution in [0.3, 0.4) is 0 Å². The van der Waals surface area contributed by atoms with Crippen molar-refractivity contribution in [2.24, 2.45) is 11.7 Å². The van der Waals surface area contributed by atoms with Crippen molar-refractivity contribution in [3.8, 4) is 16.9 Å². The maximum Gasteiger partial charge on any atom is 0.226 e. The van der Waals surface area contributed by atoms with Crippen molar-refractivity contribution in [2.75, 3.05) is 7.05 Å². The lowest BCUT2D eigenvalue weighted by molar-refractivity contribution is -0.134. The van der Waals surface area contributed by atoms with Crippen LogP contribution in [0.15, 0.2) is 66.9 Å². The number of nitrogens with two attached hydrogens (primary N) is 1. The number of hydrogen-bond acceptors (Lipinski definition) is 3. The quantitative estimate of drug-likeness (QED) is 0.684. The van der Waals surface area contributed by atoms with Gasteiger partial charge in [0.05, 0.1) is 17.3 Å². The fourth-order valence-corrected chi connectivity index (χ4v) is 2.98. The third kappa shape index (κ3) is 4.80. The normalized spacial score (nSPS) is 12.7. The highest BCUT2D eigenvalue weighted by molar-refractivity contribution is 5.85. The molecule has 2 N–H and O–H groups in total. The van der Waals surface area contributed by atoms with Gasteiger partial charge in [-0.05, 0) is 19.1 Å². The van der Waals surface area contributed by atoms with Crippen molar-refractivity contribution in [1.82, 2.24) is 14.7 Å². The van der Waals surface area contributed by atoms with Crippen molar-refractivity contribution in [3.63, 3.8) is 0 Å². The summed E-state index contributed by atoms with van der Waals surface area (Å²) in [5.74, 6) is -0.184. The Morgan fingerprint density at radius 2 is 1.64 bits per heavy atom. The van der Waals surface area contributed by atoms with Crippen molar-refractivity contribution in [1.29, 1.82) is 0 Å². The molecule has 5 nitrogen and oxygen atoms in total. The molecule has 1 amide bonds. The molecule has 0 aliphatic rings. The Labute approximate surface area is 172 Å². The van der Waals surface area contributed by atoms with Gasteiger partial charge in [-0.15, -0.1) is 12.4 Å². The molecule has 1 heterocycles. The number of halogens is 1. The summed E-state index contributed by atoms with van der Waals surface area (Å²) in [5.41, 5.74) is 9.80. The molecule has 148 valence electrons. The van der Waals surface area contributed by atoms with Crippen LogP contribution < -0.4 is 5.73 Å². The first-order valence-electron chi connectivity index (χ1n) is 9.17. The Bertz CT molecular complexity index is 893. The molecule has 3 aromatic rings. The first kappa shape index (κ1) is 21.7. The fraction of sp³-hybridized carbons (Fsp3) is 0.273. The van der Waals surface area contributed by atoms with E-state index in [-0.39, 0.29) is 30.3 Å². The molecule has 0 bridgehead atoms. The molecule has 2 unspecified atom stereocenters. The van der Waals surface area contributed by atoms with E-state index in [1.54, 1.807) is 4.90 Å². The molecule has 3 rings (SSSR count). The van der Waals surface area contributed by atoms with Crippen LogP contribution in [0, 0.1) is 5.92 Å². The number of para-hydroxylation sites is 1. The van der Waals surface area contributed by atoms with Gasteiger partial charge in [0, 0.05) is 37.0 Å². The number of hydrogen-bond donors (Lipinski definition) is 1. The summed E-state index contributed by atoms with van der Waals surface area (Å²) in [7, 11) is 1.82. The van der Waals surface area contributed by atoms with Gasteiger partial charge in [0.25, 0.3) is 0 Å². The molecule has 0 aliphatic carbocycles. The molecule has 2 aromatic carbocycles. The highest BCUT2D eigenvalue weighted by atomic mass is 35.5. The Morgan fingerprint density at radius 1 is 1.07 bits per heavy atom. The number of carbonyl (C=O) groups excluding carboxylic acids is 1. The van der Waals surface area contributed by atoms with Crippen LogP contribution in [0.4, 0.5) is 0 Å². The smallest absolute Gasteiger partial charge is 0.226 e. The predicted molar refractivity (Wildman–Crippen MR) is 116 cm³/mol. The maximum atomic E-state index is 12.6. The second-order valence-electron chi connectivity index (χ2n) is 6.99. The van der Waals surface area contributed by atoms with Crippen LogP contribution in [-0.4, -0.2) is 33.7 Å². The molecule has 0 saturated carbocycles. The van der Waals surface area contributed by atoms with Crippen molar-refractivity contribution in [3.05, 3.63) is 72.4 Å². The number of benzene rings is 2. The zero-order chi connectivity index (χ0) is 19.4. The lowest BCUT2D eigenvalue weighted by Crippen LogP contribution is -2.39. The Kier molecular flexibility index (Phi) is 7.38. The van der Waals surface area contributed by atoms with Gasteiger partial charge in [-0.3, -0.25) is 4.79 Å². The van der Waals surface area contributed by atoms with E-state index >= 15 is 0 Å². The van der Waals surface area contributed by atoms with Gasteiger partial charge >= 0.3 is 0 Å². The Balaban J connectivity index is 0.00000280. The molecule has 0 aliphatic heterocycles. The zero-order valence-corrected chi connectivity index (χ0v) is 17.3. The Morgan fingerprint density at radius 3 is 2.21 bits per heavy atom. The van der Waals surface area contributed by atoms with Crippen LogP contribution in [-0.2, 0) is 11.3 Å². The largest absolute Gasteiger partial charge is 0.341 e. The number of carbonyl (C=O) groups is 1. The number of aromatic nitrogens is 2. The van der Waals surface area contributed by atoms with Crippen LogP contribution in [0.25, 0.3) is 16.9 Å². The van der Waals surface area contributed by atoms with Crippen molar-refractivity contribution >= 4 is 18.3 Å². The molecule has 2 atom stereocenters. The van der Waals surface area contributed by atoms with Gasteiger partial charge in [-0.25, -0.2) is 4.68 Å². The minimum absolute atomic E-state index is 0. The summed E-state index contributed by atoms with van der Waals surface area (Å²) in [5, 5.41) is 4.80.